The van der Waals surface area contributed by atoms with E-state index in [0.717, 1.165) is 16.8 Å². The molecule has 0 radical (unpaired) electrons. The van der Waals surface area contributed by atoms with Gasteiger partial charge in [0, 0.05) is 5.39 Å². The van der Waals surface area contributed by atoms with Crippen LogP contribution >= 0.6 is 0 Å². The van der Waals surface area contributed by atoms with Crippen molar-refractivity contribution in [1.82, 2.24) is 19.7 Å². The van der Waals surface area contributed by atoms with Crippen molar-refractivity contribution in [3.05, 3.63) is 82.3 Å². The van der Waals surface area contributed by atoms with E-state index in [4.69, 9.17) is 11.0 Å². The summed E-state index contributed by atoms with van der Waals surface area (Å²) >= 11 is 0. The van der Waals surface area contributed by atoms with E-state index in [9.17, 15) is 27.2 Å². The molecule has 0 fully saturated rings. The third kappa shape index (κ3) is 4.56. The largest absolute Gasteiger partial charge is 0.437 e. The van der Waals surface area contributed by atoms with Gasteiger partial charge in [0.1, 0.15) is 23.3 Å². The average molecular weight is 497 g/mol. The number of amides is 2. The van der Waals surface area contributed by atoms with Gasteiger partial charge in [-0.25, -0.2) is 14.4 Å². The number of carbonyl (C=O) groups excluding carboxylic acids is 2. The number of pyridine rings is 2. The highest BCUT2D eigenvalue weighted by molar-refractivity contribution is 6.14. The summed E-state index contributed by atoms with van der Waals surface area (Å²) in [6.45, 7) is 1.07. The fourth-order valence-electron chi connectivity index (χ4n) is 3.56. The predicted molar refractivity (Wildman–Crippen MR) is 118 cm³/mol. The van der Waals surface area contributed by atoms with Gasteiger partial charge < -0.3 is 11.1 Å². The third-order valence-corrected chi connectivity index (χ3v) is 5.23. The Hall–Kier alpha value is -4.86. The standard InChI is InChI=1S/C23H15F4N7O2/c1-11-19(20(23(25,26)27)33-34(11)10-13-5-2-4-12(9-28)30-13)32-22(36)14-8-17(21(29)35)31-16-7-3-6-15(24)18(14)16/h2-8H,10H2,1H3,(H2,29,35)(H,32,36). The quantitative estimate of drug-likeness (QED) is 0.404. The fourth-order valence-corrected chi connectivity index (χ4v) is 3.56. The first-order valence-electron chi connectivity index (χ1n) is 10.2. The maximum atomic E-state index is 14.6. The number of hydrogen-bond acceptors (Lipinski definition) is 6. The van der Waals surface area contributed by atoms with Crippen LogP contribution in [0.2, 0.25) is 0 Å². The highest BCUT2D eigenvalue weighted by Gasteiger charge is 2.39. The minimum absolute atomic E-state index is 0.0683. The molecule has 0 bridgehead atoms. The van der Waals surface area contributed by atoms with Crippen LogP contribution in [0.25, 0.3) is 10.9 Å². The molecule has 1 aromatic carbocycles. The number of halogens is 4. The summed E-state index contributed by atoms with van der Waals surface area (Å²) < 4.78 is 57.0. The zero-order valence-electron chi connectivity index (χ0n) is 18.4. The number of hydrogen-bond donors (Lipinski definition) is 2. The molecule has 3 aromatic heterocycles. The van der Waals surface area contributed by atoms with Crippen LogP contribution in [0.4, 0.5) is 23.2 Å². The van der Waals surface area contributed by atoms with Crippen LogP contribution in [0.1, 0.15) is 43.6 Å². The Bertz CT molecular complexity index is 1570. The van der Waals surface area contributed by atoms with E-state index in [-0.39, 0.29) is 40.2 Å². The number of aromatic nitrogens is 4. The molecule has 4 aromatic rings. The van der Waals surface area contributed by atoms with E-state index < -0.39 is 40.8 Å². The molecule has 0 unspecified atom stereocenters. The number of nitrogens with zero attached hydrogens (tertiary/aromatic N) is 5. The number of nitriles is 1. The number of anilines is 1. The van der Waals surface area contributed by atoms with E-state index in [1.54, 1.807) is 0 Å². The Balaban J connectivity index is 1.80. The molecule has 3 N–H and O–H groups in total. The third-order valence-electron chi connectivity index (χ3n) is 5.23. The lowest BCUT2D eigenvalue weighted by Crippen LogP contribution is -2.20. The van der Waals surface area contributed by atoms with Crippen molar-refractivity contribution >= 4 is 28.4 Å². The molecule has 2 amide bonds. The van der Waals surface area contributed by atoms with Crippen molar-refractivity contribution < 1.29 is 27.2 Å². The van der Waals surface area contributed by atoms with E-state index >= 15 is 0 Å². The Morgan fingerprint density at radius 1 is 1.17 bits per heavy atom. The van der Waals surface area contributed by atoms with E-state index in [0.29, 0.717) is 0 Å². The van der Waals surface area contributed by atoms with Gasteiger partial charge in [-0.2, -0.15) is 23.5 Å². The van der Waals surface area contributed by atoms with Crippen LogP contribution in [-0.4, -0.2) is 31.6 Å². The van der Waals surface area contributed by atoms with E-state index in [1.807, 2.05) is 6.07 Å². The molecular weight excluding hydrogens is 482 g/mol. The molecule has 0 aliphatic heterocycles. The molecule has 0 spiro atoms. The molecule has 36 heavy (non-hydrogen) atoms. The zero-order valence-corrected chi connectivity index (χ0v) is 18.4. The smallest absolute Gasteiger partial charge is 0.364 e. The predicted octanol–water partition coefficient (Wildman–Crippen LogP) is 3.56. The van der Waals surface area contributed by atoms with Crippen LogP contribution in [0.3, 0.4) is 0 Å². The fraction of sp³-hybridized carbons (Fsp3) is 0.130. The number of fused-ring (bicyclic) bond motifs is 1. The molecular formula is C23H15F4N7O2. The maximum Gasteiger partial charge on any atom is 0.437 e. The summed E-state index contributed by atoms with van der Waals surface area (Å²) in [7, 11) is 0. The summed E-state index contributed by atoms with van der Waals surface area (Å²) in [5.41, 5.74) is 2.57. The second kappa shape index (κ2) is 9.06. The normalized spacial score (nSPS) is 11.3. The molecule has 13 heteroatoms. The number of benzene rings is 1. The maximum absolute atomic E-state index is 14.6. The molecule has 0 aliphatic carbocycles. The van der Waals surface area contributed by atoms with E-state index in [2.05, 4.69) is 20.4 Å². The molecule has 0 aliphatic rings. The summed E-state index contributed by atoms with van der Waals surface area (Å²) in [6, 6.07) is 10.9. The minimum Gasteiger partial charge on any atom is -0.364 e. The molecule has 182 valence electrons. The average Bonchev–Trinajstić information content (AvgIpc) is 3.14. The van der Waals surface area contributed by atoms with Crippen molar-refractivity contribution in [2.75, 3.05) is 5.32 Å². The monoisotopic (exact) mass is 497 g/mol. The molecule has 0 saturated carbocycles. The Kier molecular flexibility index (Phi) is 6.11. The Morgan fingerprint density at radius 3 is 2.56 bits per heavy atom. The SMILES string of the molecule is Cc1c(NC(=O)c2cc(C(N)=O)nc3cccc(F)c23)c(C(F)(F)F)nn1Cc1cccc(C#N)n1. The highest BCUT2D eigenvalue weighted by Crippen LogP contribution is 2.36. The molecule has 9 nitrogen and oxygen atoms in total. The van der Waals surface area contributed by atoms with Gasteiger partial charge in [0.15, 0.2) is 5.69 Å². The number of carbonyl (C=O) groups is 2. The molecule has 0 atom stereocenters. The van der Waals surface area contributed by atoms with Crippen LogP contribution < -0.4 is 11.1 Å². The van der Waals surface area contributed by atoms with Gasteiger partial charge in [-0.05, 0) is 37.3 Å². The second-order valence-corrected chi connectivity index (χ2v) is 7.60. The van der Waals surface area contributed by atoms with Crippen LogP contribution in [0.15, 0.2) is 42.5 Å². The van der Waals surface area contributed by atoms with E-state index in [1.165, 1.54) is 37.3 Å². The molecule has 3 heterocycles. The second-order valence-electron chi connectivity index (χ2n) is 7.60. The lowest BCUT2D eigenvalue weighted by Gasteiger charge is -2.12. The first-order chi connectivity index (χ1) is 17.0. The Morgan fingerprint density at radius 2 is 1.89 bits per heavy atom. The van der Waals surface area contributed by atoms with Gasteiger partial charge >= 0.3 is 6.18 Å². The molecule has 4 rings (SSSR count). The van der Waals surface area contributed by atoms with Crippen molar-refractivity contribution in [3.8, 4) is 6.07 Å². The van der Waals surface area contributed by atoms with Gasteiger partial charge in [0.2, 0.25) is 0 Å². The topological polar surface area (TPSA) is 140 Å². The van der Waals surface area contributed by atoms with Gasteiger partial charge in [-0.1, -0.05) is 12.1 Å². The first-order valence-corrected chi connectivity index (χ1v) is 10.2. The summed E-state index contributed by atoms with van der Waals surface area (Å²) in [6.07, 6.45) is -4.95. The van der Waals surface area contributed by atoms with Crippen LogP contribution in [0.5, 0.6) is 0 Å². The highest BCUT2D eigenvalue weighted by atomic mass is 19.4. The number of nitrogens with two attached hydrogens (primary N) is 1. The number of primary amides is 1. The number of rotatable bonds is 5. The lowest BCUT2D eigenvalue weighted by atomic mass is 10.1. The Labute approximate surface area is 200 Å². The summed E-state index contributed by atoms with van der Waals surface area (Å²) in [4.78, 5) is 32.7. The zero-order chi connectivity index (χ0) is 26.2. The molecule has 0 saturated heterocycles. The van der Waals surface area contributed by atoms with Crippen molar-refractivity contribution in [3.63, 3.8) is 0 Å². The van der Waals surface area contributed by atoms with Gasteiger partial charge in [-0.15, -0.1) is 0 Å². The lowest BCUT2D eigenvalue weighted by molar-refractivity contribution is -0.140. The first kappa shape index (κ1) is 24.3. The van der Waals surface area contributed by atoms with Crippen molar-refractivity contribution in [2.24, 2.45) is 5.73 Å². The number of alkyl halides is 3. The van der Waals surface area contributed by atoms with Gasteiger partial charge in [0.05, 0.1) is 34.7 Å². The van der Waals surface area contributed by atoms with Crippen molar-refractivity contribution in [2.45, 2.75) is 19.6 Å². The summed E-state index contributed by atoms with van der Waals surface area (Å²) in [5.74, 6) is -3.01. The van der Waals surface area contributed by atoms with Gasteiger partial charge in [0.25, 0.3) is 11.8 Å². The van der Waals surface area contributed by atoms with Crippen LogP contribution in [-0.2, 0) is 12.7 Å². The minimum atomic E-state index is -4.95. The van der Waals surface area contributed by atoms with Gasteiger partial charge in [-0.3, -0.25) is 14.3 Å². The van der Waals surface area contributed by atoms with Crippen LogP contribution in [0, 0.1) is 24.1 Å². The number of nitrogens with one attached hydrogen (secondary N) is 1. The summed E-state index contributed by atoms with van der Waals surface area (Å²) in [5, 5.41) is 14.5. The van der Waals surface area contributed by atoms with Crippen molar-refractivity contribution in [1.29, 1.82) is 5.26 Å².